The van der Waals surface area contributed by atoms with Gasteiger partial charge in [0.05, 0.1) is 6.20 Å². The van der Waals surface area contributed by atoms with Crippen LogP contribution in [0.1, 0.15) is 39.1 Å². The van der Waals surface area contributed by atoms with Gasteiger partial charge in [-0.3, -0.25) is 24.0 Å². The van der Waals surface area contributed by atoms with E-state index in [4.69, 9.17) is 5.26 Å². The summed E-state index contributed by atoms with van der Waals surface area (Å²) in [5.74, 6) is -0.691. The lowest BCUT2D eigenvalue weighted by molar-refractivity contribution is -0.116. The molecule has 144 valence electrons. The van der Waals surface area contributed by atoms with E-state index in [0.29, 0.717) is 28.8 Å². The normalized spacial score (nSPS) is 12.9. The van der Waals surface area contributed by atoms with Crippen LogP contribution in [0.3, 0.4) is 0 Å². The summed E-state index contributed by atoms with van der Waals surface area (Å²) in [6, 6.07) is 12.7. The number of nitrogens with zero attached hydrogens (tertiary/aromatic N) is 4. The zero-order valence-corrected chi connectivity index (χ0v) is 15.7. The topological polar surface area (TPSA) is 108 Å². The van der Waals surface area contributed by atoms with E-state index in [9.17, 15) is 14.4 Å². The highest BCUT2D eigenvalue weighted by molar-refractivity contribution is 6.25. The quantitative estimate of drug-likeness (QED) is 0.677. The van der Waals surface area contributed by atoms with E-state index in [1.165, 1.54) is 15.8 Å². The van der Waals surface area contributed by atoms with Gasteiger partial charge in [0.2, 0.25) is 5.91 Å². The summed E-state index contributed by atoms with van der Waals surface area (Å²) in [6.07, 6.45) is 1.78. The fourth-order valence-electron chi connectivity index (χ4n) is 3.54. The monoisotopic (exact) mass is 387 g/mol. The van der Waals surface area contributed by atoms with E-state index in [1.807, 2.05) is 18.2 Å². The largest absolute Gasteiger partial charge is 0.310 e. The first-order chi connectivity index (χ1) is 14.0. The van der Waals surface area contributed by atoms with Gasteiger partial charge in [-0.05, 0) is 23.9 Å². The van der Waals surface area contributed by atoms with Crippen LogP contribution in [-0.2, 0) is 11.8 Å². The van der Waals surface area contributed by atoms with Crippen molar-refractivity contribution in [3.63, 3.8) is 0 Å². The predicted molar refractivity (Wildman–Crippen MR) is 105 cm³/mol. The average molecular weight is 387 g/mol. The van der Waals surface area contributed by atoms with Crippen molar-refractivity contribution in [2.24, 2.45) is 7.05 Å². The maximum absolute atomic E-state index is 12.8. The molecule has 1 N–H and O–H groups in total. The van der Waals surface area contributed by atoms with Crippen LogP contribution < -0.4 is 5.32 Å². The van der Waals surface area contributed by atoms with Gasteiger partial charge >= 0.3 is 0 Å². The van der Waals surface area contributed by atoms with Crippen molar-refractivity contribution in [2.45, 2.75) is 12.8 Å². The number of nitrogens with one attached hydrogen (secondary N) is 1. The highest BCUT2D eigenvalue weighted by Gasteiger charge is 2.32. The predicted octanol–water partition coefficient (Wildman–Crippen LogP) is 2.46. The number of rotatable bonds is 5. The lowest BCUT2D eigenvalue weighted by Gasteiger charge is -2.27. The lowest BCUT2D eigenvalue weighted by Crippen LogP contribution is -2.41. The Kier molecular flexibility index (Phi) is 4.56. The molecule has 0 radical (unpaired) electrons. The van der Waals surface area contributed by atoms with E-state index in [2.05, 4.69) is 10.4 Å². The number of aryl methyl sites for hydroxylation is 1. The molecule has 0 bridgehead atoms. The second-order valence-electron chi connectivity index (χ2n) is 6.77. The summed E-state index contributed by atoms with van der Waals surface area (Å²) in [6.45, 7) is 0.131. The van der Waals surface area contributed by atoms with E-state index >= 15 is 0 Å². The molecule has 3 amide bonds. The molecule has 0 aliphatic carbocycles. The van der Waals surface area contributed by atoms with Crippen LogP contribution >= 0.6 is 0 Å². The molecule has 8 nitrogen and oxygen atoms in total. The summed E-state index contributed by atoms with van der Waals surface area (Å²) in [7, 11) is 1.62. The third kappa shape index (κ3) is 3.12. The fraction of sp³-hybridized carbons (Fsp3) is 0.190. The van der Waals surface area contributed by atoms with Gasteiger partial charge in [0.25, 0.3) is 11.8 Å². The Labute approximate surface area is 166 Å². The highest BCUT2D eigenvalue weighted by Crippen LogP contribution is 2.30. The zero-order chi connectivity index (χ0) is 20.5. The van der Waals surface area contributed by atoms with Crippen LogP contribution in [0.2, 0.25) is 0 Å². The van der Waals surface area contributed by atoms with Crippen LogP contribution in [0.25, 0.3) is 10.8 Å². The SMILES string of the molecule is Cn1ncc(C#N)c1NC(=O)CCCN1C(=O)c2cccc3cccc(c23)C1=O. The molecular weight excluding hydrogens is 370 g/mol. The minimum atomic E-state index is -0.349. The third-order valence-electron chi connectivity index (χ3n) is 4.96. The van der Waals surface area contributed by atoms with Crippen molar-refractivity contribution in [3.8, 4) is 6.07 Å². The molecule has 8 heteroatoms. The summed E-state index contributed by atoms with van der Waals surface area (Å²) in [4.78, 5) is 39.1. The fourth-order valence-corrected chi connectivity index (χ4v) is 3.54. The molecule has 1 aromatic heterocycles. The Morgan fingerprint density at radius 2 is 1.79 bits per heavy atom. The standard InChI is InChI=1S/C21H17N5O3/c1-25-19(14(11-22)12-23-25)24-17(27)9-4-10-26-20(28)15-7-2-5-13-6-3-8-16(18(13)15)21(26)29/h2-3,5-8,12H,4,9-10H2,1H3,(H,24,27). The molecule has 0 spiro atoms. The molecule has 0 fully saturated rings. The summed E-state index contributed by atoms with van der Waals surface area (Å²) in [5.41, 5.74) is 1.26. The van der Waals surface area contributed by atoms with Crippen molar-refractivity contribution in [1.82, 2.24) is 14.7 Å². The number of aromatic nitrogens is 2. The van der Waals surface area contributed by atoms with Crippen molar-refractivity contribution in [2.75, 3.05) is 11.9 Å². The Bertz CT molecular complexity index is 1150. The number of amides is 3. The van der Waals surface area contributed by atoms with E-state index in [-0.39, 0.29) is 36.3 Å². The first-order valence-corrected chi connectivity index (χ1v) is 9.11. The molecule has 1 aliphatic rings. The molecule has 0 saturated heterocycles. The van der Waals surface area contributed by atoms with Gasteiger partial charge in [-0.1, -0.05) is 24.3 Å². The Hall–Kier alpha value is -3.99. The van der Waals surface area contributed by atoms with Gasteiger partial charge < -0.3 is 5.32 Å². The lowest BCUT2D eigenvalue weighted by atomic mass is 9.94. The number of benzene rings is 2. The second-order valence-corrected chi connectivity index (χ2v) is 6.77. The van der Waals surface area contributed by atoms with Gasteiger partial charge in [-0.2, -0.15) is 10.4 Å². The molecule has 2 heterocycles. The van der Waals surface area contributed by atoms with Crippen molar-refractivity contribution in [3.05, 3.63) is 59.3 Å². The molecule has 1 aliphatic heterocycles. The second kappa shape index (κ2) is 7.20. The Balaban J connectivity index is 1.45. The number of carbonyl (C=O) groups excluding carboxylic acids is 3. The van der Waals surface area contributed by atoms with Crippen LogP contribution in [0.15, 0.2) is 42.6 Å². The summed E-state index contributed by atoms with van der Waals surface area (Å²) < 4.78 is 1.41. The van der Waals surface area contributed by atoms with Crippen LogP contribution in [0.4, 0.5) is 5.82 Å². The van der Waals surface area contributed by atoms with E-state index < -0.39 is 0 Å². The minimum Gasteiger partial charge on any atom is -0.310 e. The first-order valence-electron chi connectivity index (χ1n) is 9.11. The van der Waals surface area contributed by atoms with Gasteiger partial charge in [0.15, 0.2) is 0 Å². The summed E-state index contributed by atoms with van der Waals surface area (Å²) in [5, 5.41) is 17.2. The zero-order valence-electron chi connectivity index (χ0n) is 15.7. The van der Waals surface area contributed by atoms with Crippen molar-refractivity contribution >= 4 is 34.3 Å². The number of imide groups is 1. The van der Waals surface area contributed by atoms with Crippen LogP contribution in [0.5, 0.6) is 0 Å². The molecule has 2 aromatic carbocycles. The average Bonchev–Trinajstić information content (AvgIpc) is 3.08. The molecule has 4 rings (SSSR count). The van der Waals surface area contributed by atoms with Gasteiger partial charge in [0, 0.05) is 36.5 Å². The Morgan fingerprint density at radius 3 is 2.41 bits per heavy atom. The molecule has 0 unspecified atom stereocenters. The third-order valence-corrected chi connectivity index (χ3v) is 4.96. The number of hydrogen-bond donors (Lipinski definition) is 1. The van der Waals surface area contributed by atoms with Crippen molar-refractivity contribution < 1.29 is 14.4 Å². The van der Waals surface area contributed by atoms with Gasteiger partial charge in [-0.15, -0.1) is 0 Å². The number of anilines is 1. The van der Waals surface area contributed by atoms with E-state index in [1.54, 1.807) is 31.3 Å². The maximum atomic E-state index is 12.8. The smallest absolute Gasteiger partial charge is 0.261 e. The highest BCUT2D eigenvalue weighted by atomic mass is 16.2. The molecule has 0 saturated carbocycles. The van der Waals surface area contributed by atoms with Crippen LogP contribution in [0, 0.1) is 11.3 Å². The first kappa shape index (κ1) is 18.4. The van der Waals surface area contributed by atoms with Gasteiger partial charge in [-0.25, -0.2) is 0 Å². The van der Waals surface area contributed by atoms with Crippen molar-refractivity contribution in [1.29, 1.82) is 5.26 Å². The molecular formula is C21H17N5O3. The molecule has 29 heavy (non-hydrogen) atoms. The van der Waals surface area contributed by atoms with Crippen LogP contribution in [-0.4, -0.2) is 38.9 Å². The summed E-state index contributed by atoms with van der Waals surface area (Å²) >= 11 is 0. The molecule has 0 atom stereocenters. The minimum absolute atomic E-state index is 0.0962. The number of nitriles is 1. The number of carbonyl (C=O) groups is 3. The van der Waals surface area contributed by atoms with E-state index in [0.717, 1.165) is 5.39 Å². The molecule has 3 aromatic rings. The number of hydrogen-bond acceptors (Lipinski definition) is 5. The maximum Gasteiger partial charge on any atom is 0.261 e. The van der Waals surface area contributed by atoms with Gasteiger partial charge in [0.1, 0.15) is 17.5 Å². The Morgan fingerprint density at radius 1 is 1.14 bits per heavy atom.